The summed E-state index contributed by atoms with van der Waals surface area (Å²) in [4.78, 5) is 28.2. The van der Waals surface area contributed by atoms with Crippen LogP contribution in [0.4, 0.5) is 13.6 Å². The predicted octanol–water partition coefficient (Wildman–Crippen LogP) is 9.56. The van der Waals surface area contributed by atoms with Crippen molar-refractivity contribution in [2.45, 2.75) is 45.7 Å². The number of carbonyl (C=O) groups excluding carboxylic acids is 2. The minimum atomic E-state index is -0.543. The fourth-order valence-corrected chi connectivity index (χ4v) is 7.33. The monoisotopic (exact) mass is 709 g/mol. The summed E-state index contributed by atoms with van der Waals surface area (Å²) >= 11 is 6.20. The first kappa shape index (κ1) is 35.9. The van der Waals surface area contributed by atoms with Gasteiger partial charge in [0.15, 0.2) is 0 Å². The van der Waals surface area contributed by atoms with Crippen LogP contribution in [0.15, 0.2) is 109 Å². The first-order chi connectivity index (χ1) is 24.5. The van der Waals surface area contributed by atoms with Crippen molar-refractivity contribution in [2.24, 2.45) is 5.41 Å². The summed E-state index contributed by atoms with van der Waals surface area (Å²) in [6.45, 7) is 7.30. The molecule has 1 unspecified atom stereocenters. The molecule has 0 aliphatic heterocycles. The third kappa shape index (κ3) is 8.02. The SMILES string of the molecule is CC(C)(C)C(c1cc(-c2cc(F)ccc2F)cn1Cc1ccccc1)N(CCCNC(=O)OCC1c2ccccc2-c2ccccc21)C(=O)CCl. The molecule has 1 N–H and O–H groups in total. The van der Waals surface area contributed by atoms with Gasteiger partial charge in [0, 0.05) is 48.6 Å². The maximum absolute atomic E-state index is 15.0. The Balaban J connectivity index is 1.19. The molecule has 0 bridgehead atoms. The maximum atomic E-state index is 15.0. The fraction of sp³-hybridized carbons (Fsp3) is 0.286. The summed E-state index contributed by atoms with van der Waals surface area (Å²) in [6, 6.07) is 30.9. The second-order valence-corrected chi connectivity index (χ2v) is 14.3. The van der Waals surface area contributed by atoms with Gasteiger partial charge in [-0.25, -0.2) is 13.6 Å². The van der Waals surface area contributed by atoms with Gasteiger partial charge in [0.25, 0.3) is 0 Å². The zero-order valence-corrected chi connectivity index (χ0v) is 29.8. The highest BCUT2D eigenvalue weighted by Gasteiger charge is 2.37. The number of hydrogen-bond acceptors (Lipinski definition) is 3. The molecule has 6 nitrogen and oxygen atoms in total. The van der Waals surface area contributed by atoms with E-state index in [0.717, 1.165) is 45.6 Å². The number of amides is 2. The Bertz CT molecular complexity index is 1960. The van der Waals surface area contributed by atoms with Gasteiger partial charge >= 0.3 is 6.09 Å². The predicted molar refractivity (Wildman–Crippen MR) is 198 cm³/mol. The van der Waals surface area contributed by atoms with Crippen LogP contribution in [-0.4, -0.2) is 47.0 Å². The van der Waals surface area contributed by atoms with Crippen LogP contribution in [0.3, 0.4) is 0 Å². The second kappa shape index (κ2) is 15.5. The van der Waals surface area contributed by atoms with Gasteiger partial charge in [-0.15, -0.1) is 11.6 Å². The molecule has 1 heterocycles. The van der Waals surface area contributed by atoms with Crippen molar-refractivity contribution in [3.63, 3.8) is 0 Å². The number of alkyl carbamates (subject to hydrolysis) is 1. The van der Waals surface area contributed by atoms with Crippen molar-refractivity contribution in [1.82, 2.24) is 14.8 Å². The van der Waals surface area contributed by atoms with Crippen LogP contribution in [-0.2, 0) is 16.1 Å². The van der Waals surface area contributed by atoms with E-state index in [1.165, 1.54) is 6.07 Å². The molecule has 5 aromatic rings. The minimum Gasteiger partial charge on any atom is -0.449 e. The normalized spacial score (nSPS) is 13.0. The maximum Gasteiger partial charge on any atom is 0.407 e. The van der Waals surface area contributed by atoms with Crippen molar-refractivity contribution in [2.75, 3.05) is 25.6 Å². The van der Waals surface area contributed by atoms with E-state index in [1.54, 1.807) is 11.1 Å². The van der Waals surface area contributed by atoms with Gasteiger partial charge in [-0.1, -0.05) is 99.6 Å². The molecule has 264 valence electrons. The molecule has 1 aliphatic rings. The highest BCUT2D eigenvalue weighted by atomic mass is 35.5. The highest BCUT2D eigenvalue weighted by Crippen LogP contribution is 2.45. The minimum absolute atomic E-state index is 0.0506. The molecule has 0 saturated heterocycles. The Morgan fingerprint density at radius 2 is 1.53 bits per heavy atom. The Morgan fingerprint density at radius 1 is 0.882 bits per heavy atom. The Hall–Kier alpha value is -4.95. The molecule has 4 aromatic carbocycles. The molecule has 0 spiro atoms. The zero-order valence-electron chi connectivity index (χ0n) is 29.0. The smallest absolute Gasteiger partial charge is 0.407 e. The quantitative estimate of drug-likeness (QED) is 0.104. The third-order valence-corrected chi connectivity index (χ3v) is 9.63. The van der Waals surface area contributed by atoms with Crippen molar-refractivity contribution >= 4 is 23.6 Å². The summed E-state index contributed by atoms with van der Waals surface area (Å²) in [7, 11) is 0. The van der Waals surface area contributed by atoms with Crippen LogP contribution < -0.4 is 5.32 Å². The molecule has 0 saturated carbocycles. The topological polar surface area (TPSA) is 63.6 Å². The molecule has 6 rings (SSSR count). The number of aromatic nitrogens is 1. The summed E-state index contributed by atoms with van der Waals surface area (Å²) in [5.41, 5.74) is 6.49. The van der Waals surface area contributed by atoms with Crippen LogP contribution in [0.5, 0.6) is 0 Å². The van der Waals surface area contributed by atoms with Gasteiger partial charge in [0.2, 0.25) is 5.91 Å². The van der Waals surface area contributed by atoms with Crippen LogP contribution in [0, 0.1) is 17.0 Å². The lowest BCUT2D eigenvalue weighted by molar-refractivity contribution is -0.133. The number of fused-ring (bicyclic) bond motifs is 3. The van der Waals surface area contributed by atoms with Gasteiger partial charge < -0.3 is 19.5 Å². The van der Waals surface area contributed by atoms with Crippen LogP contribution in [0.2, 0.25) is 0 Å². The van der Waals surface area contributed by atoms with Crippen molar-refractivity contribution in [3.8, 4) is 22.3 Å². The van der Waals surface area contributed by atoms with Crippen molar-refractivity contribution < 1.29 is 23.1 Å². The summed E-state index contributed by atoms with van der Waals surface area (Å²) in [6.07, 6.45) is 1.71. The average molecular weight is 710 g/mol. The number of ether oxygens (including phenoxy) is 1. The Kier molecular flexibility index (Phi) is 10.9. The lowest BCUT2D eigenvalue weighted by Gasteiger charge is -2.41. The van der Waals surface area contributed by atoms with Gasteiger partial charge in [-0.3, -0.25) is 4.79 Å². The summed E-state index contributed by atoms with van der Waals surface area (Å²) in [5.74, 6) is -1.65. The van der Waals surface area contributed by atoms with E-state index in [9.17, 15) is 14.0 Å². The van der Waals surface area contributed by atoms with Crippen LogP contribution in [0.1, 0.15) is 61.5 Å². The third-order valence-electron chi connectivity index (χ3n) is 9.40. The molecule has 1 aromatic heterocycles. The van der Waals surface area contributed by atoms with E-state index in [0.29, 0.717) is 18.5 Å². The van der Waals surface area contributed by atoms with E-state index < -0.39 is 29.2 Å². The van der Waals surface area contributed by atoms with Crippen molar-refractivity contribution in [3.05, 3.63) is 143 Å². The van der Waals surface area contributed by atoms with Gasteiger partial charge in [0.05, 0.1) is 6.04 Å². The second-order valence-electron chi connectivity index (χ2n) is 14.0. The molecule has 51 heavy (non-hydrogen) atoms. The standard InChI is InChI=1S/C42H42ClF2N3O3/c1-42(2,3)40(38-22-29(35-23-30(44)18-19-37(35)45)26-47(38)25-28-12-5-4-6-13-28)48(39(49)24-43)21-11-20-46-41(50)51-27-36-33-16-9-7-14-31(33)32-15-8-10-17-34(32)36/h4-10,12-19,22-23,26,36,40H,11,20-21,24-25,27H2,1-3H3,(H,46,50). The van der Waals surface area contributed by atoms with Crippen LogP contribution in [0.25, 0.3) is 22.3 Å². The molecule has 1 atom stereocenters. The zero-order chi connectivity index (χ0) is 36.1. The van der Waals surface area contributed by atoms with E-state index in [2.05, 4.69) is 29.6 Å². The van der Waals surface area contributed by atoms with Gasteiger partial charge in [-0.2, -0.15) is 0 Å². The van der Waals surface area contributed by atoms with Crippen LogP contribution >= 0.6 is 11.6 Å². The molecule has 2 amide bonds. The number of alkyl halides is 1. The van der Waals surface area contributed by atoms with E-state index in [1.807, 2.05) is 86.0 Å². The van der Waals surface area contributed by atoms with Gasteiger partial charge in [-0.05, 0) is 63.9 Å². The van der Waals surface area contributed by atoms with Crippen molar-refractivity contribution in [1.29, 1.82) is 0 Å². The number of nitrogens with one attached hydrogen (secondary N) is 1. The van der Waals surface area contributed by atoms with E-state index >= 15 is 4.39 Å². The number of rotatable bonds is 12. The number of carbonyl (C=O) groups is 2. The number of nitrogens with zero attached hydrogens (tertiary/aromatic N) is 2. The first-order valence-corrected chi connectivity index (χ1v) is 17.7. The van der Waals surface area contributed by atoms with Gasteiger partial charge in [0.1, 0.15) is 24.1 Å². The largest absolute Gasteiger partial charge is 0.449 e. The molecule has 1 aliphatic carbocycles. The Morgan fingerprint density at radius 3 is 2.18 bits per heavy atom. The fourth-order valence-electron chi connectivity index (χ4n) is 7.18. The molecule has 9 heteroatoms. The molecular weight excluding hydrogens is 668 g/mol. The lowest BCUT2D eigenvalue weighted by Crippen LogP contribution is -2.44. The lowest BCUT2D eigenvalue weighted by atomic mass is 9.83. The van der Waals surface area contributed by atoms with E-state index in [4.69, 9.17) is 16.3 Å². The summed E-state index contributed by atoms with van der Waals surface area (Å²) < 4.78 is 37.1. The molecular formula is C42H42ClF2N3O3. The average Bonchev–Trinajstić information content (AvgIpc) is 3.67. The van der Waals surface area contributed by atoms with E-state index in [-0.39, 0.29) is 43.0 Å². The number of benzene rings is 4. The number of halogens is 3. The number of hydrogen-bond donors (Lipinski definition) is 1. The molecule has 0 fully saturated rings. The highest BCUT2D eigenvalue weighted by molar-refractivity contribution is 6.27. The molecule has 0 radical (unpaired) electrons. The first-order valence-electron chi connectivity index (χ1n) is 17.2. The summed E-state index contributed by atoms with van der Waals surface area (Å²) in [5, 5.41) is 2.85. The Labute approximate surface area is 303 Å².